The Morgan fingerprint density at radius 1 is 1.09 bits per heavy atom. The van der Waals surface area contributed by atoms with E-state index >= 15 is 0 Å². The second kappa shape index (κ2) is 8.07. The van der Waals surface area contributed by atoms with Crippen molar-refractivity contribution in [3.63, 3.8) is 0 Å². The van der Waals surface area contributed by atoms with Crippen LogP contribution in [0.3, 0.4) is 0 Å². The second-order valence-electron chi connectivity index (χ2n) is 5.27. The lowest BCUT2D eigenvalue weighted by atomic mass is 10.1. The van der Waals surface area contributed by atoms with Gasteiger partial charge in [0.15, 0.2) is 5.82 Å². The van der Waals surface area contributed by atoms with Gasteiger partial charge >= 0.3 is 0 Å². The lowest BCUT2D eigenvalue weighted by Crippen LogP contribution is -2.36. The monoisotopic (exact) mass is 316 g/mol. The molecule has 0 unspecified atom stereocenters. The van der Waals surface area contributed by atoms with Crippen LogP contribution in [0.25, 0.3) is 0 Å². The maximum absolute atomic E-state index is 11.7. The van der Waals surface area contributed by atoms with Crippen molar-refractivity contribution in [2.45, 2.75) is 33.2 Å². The van der Waals surface area contributed by atoms with Crippen LogP contribution < -0.4 is 10.6 Å². The molecule has 0 bridgehead atoms. The molecule has 7 heteroatoms. The molecular weight excluding hydrogens is 296 g/mol. The standard InChI is InChI=1S/C16H20N4O3/c1-11-3-5-13(6-4-11)7-8-15(21)18-10-16(22)17-9-14-19-12(2)23-20-14/h3-6H,7-10H2,1-2H3,(H,17,22)(H,18,21). The Hall–Kier alpha value is -2.70. The number of carbonyl (C=O) groups is 2. The van der Waals surface area contributed by atoms with Crippen molar-refractivity contribution < 1.29 is 14.1 Å². The Morgan fingerprint density at radius 3 is 2.48 bits per heavy atom. The predicted octanol–water partition coefficient (Wildman–Crippen LogP) is 1.05. The zero-order valence-electron chi connectivity index (χ0n) is 13.3. The Balaban J connectivity index is 1.63. The van der Waals surface area contributed by atoms with Crippen molar-refractivity contribution in [3.8, 4) is 0 Å². The minimum absolute atomic E-state index is 0.0659. The number of aryl methyl sites for hydroxylation is 3. The molecule has 122 valence electrons. The van der Waals surface area contributed by atoms with E-state index in [-0.39, 0.29) is 24.9 Å². The summed E-state index contributed by atoms with van der Waals surface area (Å²) in [4.78, 5) is 27.3. The summed E-state index contributed by atoms with van der Waals surface area (Å²) >= 11 is 0. The van der Waals surface area contributed by atoms with Crippen LogP contribution in [0.5, 0.6) is 0 Å². The van der Waals surface area contributed by atoms with Gasteiger partial charge in [-0.3, -0.25) is 9.59 Å². The highest BCUT2D eigenvalue weighted by Crippen LogP contribution is 2.05. The summed E-state index contributed by atoms with van der Waals surface area (Å²) in [5.41, 5.74) is 2.29. The molecule has 0 spiro atoms. The summed E-state index contributed by atoms with van der Waals surface area (Å²) < 4.78 is 4.79. The van der Waals surface area contributed by atoms with E-state index in [2.05, 4.69) is 20.8 Å². The number of aromatic nitrogens is 2. The van der Waals surface area contributed by atoms with Gasteiger partial charge in [0.2, 0.25) is 17.7 Å². The third kappa shape index (κ3) is 5.90. The normalized spacial score (nSPS) is 10.3. The van der Waals surface area contributed by atoms with E-state index in [1.54, 1.807) is 6.92 Å². The Bertz CT molecular complexity index is 664. The van der Waals surface area contributed by atoms with Crippen LogP contribution >= 0.6 is 0 Å². The van der Waals surface area contributed by atoms with E-state index in [0.717, 1.165) is 5.56 Å². The number of nitrogens with one attached hydrogen (secondary N) is 2. The largest absolute Gasteiger partial charge is 0.347 e. The first-order valence-corrected chi connectivity index (χ1v) is 7.41. The van der Waals surface area contributed by atoms with Crippen LogP contribution in [0.1, 0.15) is 29.3 Å². The third-order valence-corrected chi connectivity index (χ3v) is 3.22. The maximum atomic E-state index is 11.7. The Morgan fingerprint density at radius 2 is 1.83 bits per heavy atom. The van der Waals surface area contributed by atoms with Gasteiger partial charge in [0.05, 0.1) is 13.1 Å². The molecule has 0 aliphatic carbocycles. The highest BCUT2D eigenvalue weighted by atomic mass is 16.5. The molecule has 2 amide bonds. The van der Waals surface area contributed by atoms with E-state index in [1.165, 1.54) is 5.56 Å². The minimum Gasteiger partial charge on any atom is -0.347 e. The van der Waals surface area contributed by atoms with Gasteiger partial charge in [-0.1, -0.05) is 35.0 Å². The number of carbonyl (C=O) groups excluding carboxylic acids is 2. The molecule has 1 heterocycles. The molecule has 0 saturated carbocycles. The number of nitrogens with zero attached hydrogens (tertiary/aromatic N) is 2. The van der Waals surface area contributed by atoms with E-state index in [1.807, 2.05) is 31.2 Å². The summed E-state index contributed by atoms with van der Waals surface area (Å²) in [7, 11) is 0. The zero-order chi connectivity index (χ0) is 16.7. The SMILES string of the molecule is Cc1ccc(CCC(=O)NCC(=O)NCc2noc(C)n2)cc1. The molecule has 23 heavy (non-hydrogen) atoms. The highest BCUT2D eigenvalue weighted by Gasteiger charge is 2.08. The van der Waals surface area contributed by atoms with Gasteiger partial charge in [0.1, 0.15) is 0 Å². The topological polar surface area (TPSA) is 97.1 Å². The van der Waals surface area contributed by atoms with E-state index < -0.39 is 0 Å². The molecule has 0 aliphatic heterocycles. The van der Waals surface area contributed by atoms with E-state index in [0.29, 0.717) is 24.6 Å². The van der Waals surface area contributed by atoms with Gasteiger partial charge in [-0.2, -0.15) is 4.98 Å². The molecule has 0 saturated heterocycles. The molecule has 1 aromatic heterocycles. The summed E-state index contributed by atoms with van der Waals surface area (Å²) in [6.07, 6.45) is 0.996. The zero-order valence-corrected chi connectivity index (χ0v) is 13.3. The van der Waals surface area contributed by atoms with Crippen LogP contribution in [0.2, 0.25) is 0 Å². The van der Waals surface area contributed by atoms with Crippen LogP contribution in [0.15, 0.2) is 28.8 Å². The van der Waals surface area contributed by atoms with Gasteiger partial charge in [-0.05, 0) is 18.9 Å². The molecule has 7 nitrogen and oxygen atoms in total. The smallest absolute Gasteiger partial charge is 0.239 e. The Kier molecular flexibility index (Phi) is 5.85. The first-order chi connectivity index (χ1) is 11.0. The molecule has 0 aliphatic rings. The average Bonchev–Trinajstić information content (AvgIpc) is 2.96. The summed E-state index contributed by atoms with van der Waals surface area (Å²) in [5.74, 6) is 0.396. The average molecular weight is 316 g/mol. The van der Waals surface area contributed by atoms with Crippen molar-refractivity contribution in [3.05, 3.63) is 47.1 Å². The van der Waals surface area contributed by atoms with Gasteiger partial charge in [0, 0.05) is 13.3 Å². The lowest BCUT2D eigenvalue weighted by molar-refractivity contribution is -0.126. The van der Waals surface area contributed by atoms with E-state index in [9.17, 15) is 9.59 Å². The maximum Gasteiger partial charge on any atom is 0.239 e. The van der Waals surface area contributed by atoms with Crippen LogP contribution in [0, 0.1) is 13.8 Å². The number of hydrogen-bond donors (Lipinski definition) is 2. The second-order valence-corrected chi connectivity index (χ2v) is 5.27. The summed E-state index contributed by atoms with van der Waals surface area (Å²) in [6.45, 7) is 3.80. The number of hydrogen-bond acceptors (Lipinski definition) is 5. The summed E-state index contributed by atoms with van der Waals surface area (Å²) in [6, 6.07) is 8.03. The fourth-order valence-electron chi connectivity index (χ4n) is 1.93. The molecular formula is C16H20N4O3. The van der Waals surface area contributed by atoms with Crippen LogP contribution in [0.4, 0.5) is 0 Å². The first kappa shape index (κ1) is 16.7. The lowest BCUT2D eigenvalue weighted by Gasteiger charge is -2.06. The summed E-state index contributed by atoms with van der Waals surface area (Å²) in [5, 5.41) is 8.86. The fraction of sp³-hybridized carbons (Fsp3) is 0.375. The van der Waals surface area contributed by atoms with Crippen molar-refractivity contribution >= 4 is 11.8 Å². The van der Waals surface area contributed by atoms with Crippen LogP contribution in [-0.2, 0) is 22.6 Å². The van der Waals surface area contributed by atoms with E-state index in [4.69, 9.17) is 4.52 Å². The van der Waals surface area contributed by atoms with Gasteiger partial charge < -0.3 is 15.2 Å². The van der Waals surface area contributed by atoms with Gasteiger partial charge in [-0.15, -0.1) is 0 Å². The Labute approximate surface area is 134 Å². The predicted molar refractivity (Wildman–Crippen MR) is 83.4 cm³/mol. The van der Waals surface area contributed by atoms with Crippen molar-refractivity contribution in [2.24, 2.45) is 0 Å². The highest BCUT2D eigenvalue weighted by molar-refractivity contribution is 5.84. The van der Waals surface area contributed by atoms with Crippen LogP contribution in [-0.4, -0.2) is 28.5 Å². The first-order valence-electron chi connectivity index (χ1n) is 7.41. The number of amides is 2. The van der Waals surface area contributed by atoms with Crippen molar-refractivity contribution in [1.29, 1.82) is 0 Å². The molecule has 2 aromatic rings. The molecule has 0 radical (unpaired) electrons. The fourth-order valence-corrected chi connectivity index (χ4v) is 1.93. The molecule has 0 atom stereocenters. The number of rotatable bonds is 7. The molecule has 0 fully saturated rings. The van der Waals surface area contributed by atoms with Crippen molar-refractivity contribution in [1.82, 2.24) is 20.8 Å². The molecule has 2 N–H and O–H groups in total. The van der Waals surface area contributed by atoms with Gasteiger partial charge in [0.25, 0.3) is 0 Å². The molecule has 2 rings (SSSR count). The molecule has 1 aromatic carbocycles. The third-order valence-electron chi connectivity index (χ3n) is 3.22. The van der Waals surface area contributed by atoms with Crippen molar-refractivity contribution in [2.75, 3.05) is 6.54 Å². The van der Waals surface area contributed by atoms with Gasteiger partial charge in [-0.25, -0.2) is 0 Å². The quantitative estimate of drug-likeness (QED) is 0.796. The number of benzene rings is 1. The minimum atomic E-state index is -0.295.